The highest BCUT2D eigenvalue weighted by Crippen LogP contribution is 2.27. The maximum Gasteiger partial charge on any atom is 0.193 e. The lowest BCUT2D eigenvalue weighted by atomic mass is 10.1. The maximum absolute atomic E-state index is 9.95. The maximum atomic E-state index is 9.95. The molecule has 1 saturated heterocycles. The van der Waals surface area contributed by atoms with Crippen LogP contribution in [0, 0.1) is 11.8 Å². The fourth-order valence-electron chi connectivity index (χ4n) is 3.13. The second-order valence-corrected chi connectivity index (χ2v) is 7.90. The van der Waals surface area contributed by atoms with Crippen molar-refractivity contribution >= 4 is 41.7 Å². The number of guanidine groups is 1. The molecule has 0 aromatic rings. The van der Waals surface area contributed by atoms with Crippen LogP contribution in [0.2, 0.25) is 0 Å². The first-order valence-electron chi connectivity index (χ1n) is 8.44. The Kier molecular flexibility index (Phi) is 9.47. The molecule has 3 atom stereocenters. The lowest BCUT2D eigenvalue weighted by Crippen LogP contribution is -2.49. The summed E-state index contributed by atoms with van der Waals surface area (Å²) < 4.78 is 0. The van der Waals surface area contributed by atoms with Gasteiger partial charge in [-0.05, 0) is 25.7 Å². The Morgan fingerprint density at radius 2 is 2.18 bits per heavy atom. The van der Waals surface area contributed by atoms with Crippen LogP contribution in [-0.4, -0.2) is 59.3 Å². The lowest BCUT2D eigenvalue weighted by molar-refractivity contribution is 0.136. The van der Waals surface area contributed by atoms with Crippen molar-refractivity contribution in [2.24, 2.45) is 16.8 Å². The molecular formula is C16H32IN3OS. The van der Waals surface area contributed by atoms with Gasteiger partial charge in [0.15, 0.2) is 5.96 Å². The molecule has 0 aromatic carbocycles. The Balaban J connectivity index is 0.00000242. The summed E-state index contributed by atoms with van der Waals surface area (Å²) in [6.45, 7) is 10.6. The molecule has 3 unspecified atom stereocenters. The molecule has 2 aliphatic rings. The van der Waals surface area contributed by atoms with Gasteiger partial charge in [-0.2, -0.15) is 11.8 Å². The van der Waals surface area contributed by atoms with Gasteiger partial charge in [0, 0.05) is 43.1 Å². The number of thioether (sulfide) groups is 1. The predicted octanol–water partition coefficient (Wildman–Crippen LogP) is 2.80. The van der Waals surface area contributed by atoms with Crippen LogP contribution >= 0.6 is 35.7 Å². The van der Waals surface area contributed by atoms with E-state index in [1.807, 2.05) is 0 Å². The number of halogens is 1. The molecule has 2 rings (SSSR count). The van der Waals surface area contributed by atoms with Gasteiger partial charge in [-0.3, -0.25) is 4.99 Å². The van der Waals surface area contributed by atoms with E-state index in [9.17, 15) is 5.11 Å². The lowest BCUT2D eigenvalue weighted by Gasteiger charge is -2.36. The minimum Gasteiger partial charge on any atom is -0.393 e. The number of hydrogen-bond donors (Lipinski definition) is 2. The third kappa shape index (κ3) is 5.74. The first kappa shape index (κ1) is 20.4. The minimum absolute atomic E-state index is 0. The zero-order chi connectivity index (χ0) is 15.2. The summed E-state index contributed by atoms with van der Waals surface area (Å²) >= 11 is 2.09. The fraction of sp³-hybridized carbons (Fsp3) is 0.938. The van der Waals surface area contributed by atoms with Crippen molar-refractivity contribution in [2.45, 2.75) is 51.4 Å². The van der Waals surface area contributed by atoms with Crippen molar-refractivity contribution < 1.29 is 5.11 Å². The van der Waals surface area contributed by atoms with Crippen LogP contribution < -0.4 is 5.32 Å². The van der Waals surface area contributed by atoms with Crippen LogP contribution in [0.15, 0.2) is 4.99 Å². The molecule has 0 aromatic heterocycles. The Hall–Kier alpha value is 0.310. The molecule has 22 heavy (non-hydrogen) atoms. The number of aliphatic imine (C=N–C) groups is 1. The van der Waals surface area contributed by atoms with E-state index in [1.54, 1.807) is 0 Å². The second-order valence-electron chi connectivity index (χ2n) is 6.55. The summed E-state index contributed by atoms with van der Waals surface area (Å²) in [5, 5.41) is 14.1. The van der Waals surface area contributed by atoms with Gasteiger partial charge in [0.05, 0.1) is 6.10 Å². The molecule has 1 saturated carbocycles. The van der Waals surface area contributed by atoms with Gasteiger partial charge in [-0.1, -0.05) is 20.3 Å². The van der Waals surface area contributed by atoms with Gasteiger partial charge >= 0.3 is 0 Å². The van der Waals surface area contributed by atoms with E-state index in [2.05, 4.69) is 42.7 Å². The Labute approximate surface area is 156 Å². The topological polar surface area (TPSA) is 47.9 Å². The first-order chi connectivity index (χ1) is 10.1. The van der Waals surface area contributed by atoms with Crippen LogP contribution in [0.4, 0.5) is 0 Å². The highest BCUT2D eigenvalue weighted by atomic mass is 127. The second kappa shape index (κ2) is 10.2. The summed E-state index contributed by atoms with van der Waals surface area (Å²) in [6.07, 6.45) is 3.08. The average Bonchev–Trinajstić information content (AvgIpc) is 2.89. The normalized spacial score (nSPS) is 29.6. The van der Waals surface area contributed by atoms with Crippen molar-refractivity contribution in [1.82, 2.24) is 10.2 Å². The molecular weight excluding hydrogens is 409 g/mol. The van der Waals surface area contributed by atoms with Crippen LogP contribution in [0.3, 0.4) is 0 Å². The van der Waals surface area contributed by atoms with Gasteiger partial charge in [0.25, 0.3) is 0 Å². The van der Waals surface area contributed by atoms with E-state index >= 15 is 0 Å². The predicted molar refractivity (Wildman–Crippen MR) is 107 cm³/mol. The largest absolute Gasteiger partial charge is 0.393 e. The van der Waals surface area contributed by atoms with E-state index in [0.29, 0.717) is 17.1 Å². The molecule has 6 heteroatoms. The highest BCUT2D eigenvalue weighted by molar-refractivity contribution is 14.0. The van der Waals surface area contributed by atoms with E-state index in [1.165, 1.54) is 5.75 Å². The van der Waals surface area contributed by atoms with Gasteiger partial charge in [-0.25, -0.2) is 0 Å². The molecule has 2 fully saturated rings. The van der Waals surface area contributed by atoms with Crippen molar-refractivity contribution in [2.75, 3.05) is 31.9 Å². The monoisotopic (exact) mass is 441 g/mol. The van der Waals surface area contributed by atoms with E-state index in [-0.39, 0.29) is 30.1 Å². The van der Waals surface area contributed by atoms with Crippen LogP contribution in [0.5, 0.6) is 0 Å². The number of aliphatic hydroxyl groups excluding tert-OH is 1. The quantitative estimate of drug-likeness (QED) is 0.400. The van der Waals surface area contributed by atoms with Crippen LogP contribution in [0.1, 0.15) is 40.0 Å². The SMILES string of the molecule is CCNC(=NCC1CCCC1O)N1CCSC(C(C)C)C1.I. The molecule has 0 bridgehead atoms. The number of nitrogens with zero attached hydrogens (tertiary/aromatic N) is 2. The molecule has 1 aliphatic heterocycles. The van der Waals surface area contributed by atoms with Gasteiger partial charge in [0.2, 0.25) is 0 Å². The number of hydrogen-bond acceptors (Lipinski definition) is 3. The fourth-order valence-corrected chi connectivity index (χ4v) is 4.43. The Morgan fingerprint density at radius 3 is 2.77 bits per heavy atom. The van der Waals surface area contributed by atoms with Gasteiger partial charge < -0.3 is 15.3 Å². The van der Waals surface area contributed by atoms with E-state index in [0.717, 1.165) is 51.4 Å². The van der Waals surface area contributed by atoms with E-state index in [4.69, 9.17) is 4.99 Å². The molecule has 0 spiro atoms. The van der Waals surface area contributed by atoms with Gasteiger partial charge in [0.1, 0.15) is 0 Å². The summed E-state index contributed by atoms with van der Waals surface area (Å²) in [7, 11) is 0. The van der Waals surface area contributed by atoms with Crippen molar-refractivity contribution in [3.63, 3.8) is 0 Å². The standard InChI is InChI=1S/C16H31N3OS.HI/c1-4-17-16(18-10-13-6-5-7-14(13)20)19-8-9-21-15(11-19)12(2)3;/h12-15,20H,4-11H2,1-3H3,(H,17,18);1H. The zero-order valence-electron chi connectivity index (χ0n) is 14.1. The van der Waals surface area contributed by atoms with E-state index < -0.39 is 0 Å². The highest BCUT2D eigenvalue weighted by Gasteiger charge is 2.27. The van der Waals surface area contributed by atoms with Crippen molar-refractivity contribution in [3.8, 4) is 0 Å². The summed E-state index contributed by atoms with van der Waals surface area (Å²) in [6, 6.07) is 0. The number of aliphatic hydroxyl groups is 1. The molecule has 0 radical (unpaired) electrons. The molecule has 0 amide bonds. The van der Waals surface area contributed by atoms with Crippen molar-refractivity contribution in [3.05, 3.63) is 0 Å². The smallest absolute Gasteiger partial charge is 0.193 e. The molecule has 4 nitrogen and oxygen atoms in total. The zero-order valence-corrected chi connectivity index (χ0v) is 17.3. The molecule has 2 N–H and O–H groups in total. The number of nitrogens with one attached hydrogen (secondary N) is 1. The Bertz CT molecular complexity index is 354. The third-order valence-electron chi connectivity index (χ3n) is 4.57. The van der Waals surface area contributed by atoms with Crippen LogP contribution in [-0.2, 0) is 0 Å². The van der Waals surface area contributed by atoms with Gasteiger partial charge in [-0.15, -0.1) is 24.0 Å². The van der Waals surface area contributed by atoms with Crippen molar-refractivity contribution in [1.29, 1.82) is 0 Å². The summed E-state index contributed by atoms with van der Waals surface area (Å²) in [5.74, 6) is 3.29. The summed E-state index contributed by atoms with van der Waals surface area (Å²) in [4.78, 5) is 7.23. The molecule has 1 aliphatic carbocycles. The molecule has 130 valence electrons. The molecule has 1 heterocycles. The summed E-state index contributed by atoms with van der Waals surface area (Å²) in [5.41, 5.74) is 0. The minimum atomic E-state index is -0.142. The number of rotatable bonds is 4. The first-order valence-corrected chi connectivity index (χ1v) is 9.49. The third-order valence-corrected chi connectivity index (χ3v) is 6.11. The Morgan fingerprint density at radius 1 is 1.41 bits per heavy atom. The van der Waals surface area contributed by atoms with Crippen LogP contribution in [0.25, 0.3) is 0 Å². The average molecular weight is 441 g/mol.